The van der Waals surface area contributed by atoms with E-state index in [2.05, 4.69) is 21.2 Å². The largest absolute Gasteiger partial charge is 0.496 e. The van der Waals surface area contributed by atoms with E-state index < -0.39 is 11.9 Å². The van der Waals surface area contributed by atoms with Gasteiger partial charge in [0.25, 0.3) is 5.91 Å². The number of methoxy groups -OCH3 is 1. The standard InChI is InChI=1S/C18H13BrN2O4/c1-25-16-7-6-13(19)9-11(16)8-12(10-20)17(22)21-15-5-3-2-4-14(15)18(23)24/h2-9H,1H3,(H,21,22)(H,23,24)/b12-8-. The van der Waals surface area contributed by atoms with Crippen LogP contribution in [0.1, 0.15) is 15.9 Å². The summed E-state index contributed by atoms with van der Waals surface area (Å²) in [5.41, 5.74) is 0.405. The molecule has 0 aliphatic rings. The lowest BCUT2D eigenvalue weighted by molar-refractivity contribution is -0.112. The minimum atomic E-state index is -1.17. The van der Waals surface area contributed by atoms with Crippen molar-refractivity contribution in [1.82, 2.24) is 0 Å². The first kappa shape index (κ1) is 18.2. The van der Waals surface area contributed by atoms with Crippen molar-refractivity contribution in [2.45, 2.75) is 0 Å². The van der Waals surface area contributed by atoms with Gasteiger partial charge in [-0.05, 0) is 36.4 Å². The van der Waals surface area contributed by atoms with Crippen molar-refractivity contribution in [2.24, 2.45) is 0 Å². The topological polar surface area (TPSA) is 99.4 Å². The third-order valence-corrected chi connectivity index (χ3v) is 3.76. The summed E-state index contributed by atoms with van der Waals surface area (Å²) in [6, 6.07) is 13.0. The van der Waals surface area contributed by atoms with Crippen molar-refractivity contribution in [2.75, 3.05) is 12.4 Å². The molecule has 2 aromatic rings. The number of carboxylic acid groups (broad SMARTS) is 1. The molecule has 0 aliphatic carbocycles. The van der Waals surface area contributed by atoms with Crippen LogP contribution in [-0.2, 0) is 4.79 Å². The average molecular weight is 401 g/mol. The molecule has 0 aromatic heterocycles. The highest BCUT2D eigenvalue weighted by Crippen LogP contribution is 2.25. The Kier molecular flexibility index (Phi) is 5.93. The quantitative estimate of drug-likeness (QED) is 0.588. The van der Waals surface area contributed by atoms with Crippen LogP contribution in [0.3, 0.4) is 0 Å². The Morgan fingerprint density at radius 3 is 2.64 bits per heavy atom. The molecule has 0 heterocycles. The van der Waals surface area contributed by atoms with Crippen molar-refractivity contribution in [3.63, 3.8) is 0 Å². The normalized spacial score (nSPS) is 10.7. The average Bonchev–Trinajstić information content (AvgIpc) is 2.60. The smallest absolute Gasteiger partial charge is 0.337 e. The number of carboxylic acids is 1. The van der Waals surface area contributed by atoms with E-state index in [1.54, 1.807) is 30.3 Å². The number of nitriles is 1. The Balaban J connectivity index is 2.36. The summed E-state index contributed by atoms with van der Waals surface area (Å²) in [6.45, 7) is 0. The summed E-state index contributed by atoms with van der Waals surface area (Å²) >= 11 is 3.32. The maximum absolute atomic E-state index is 12.4. The predicted octanol–water partition coefficient (Wildman–Crippen LogP) is 3.70. The minimum Gasteiger partial charge on any atom is -0.496 e. The van der Waals surface area contributed by atoms with Gasteiger partial charge in [-0.25, -0.2) is 4.79 Å². The molecule has 7 heteroatoms. The molecule has 0 unspecified atom stereocenters. The molecule has 6 nitrogen and oxygen atoms in total. The van der Waals surface area contributed by atoms with Crippen LogP contribution in [0.5, 0.6) is 5.75 Å². The zero-order valence-corrected chi connectivity index (χ0v) is 14.7. The molecular formula is C18H13BrN2O4. The number of rotatable bonds is 5. The van der Waals surface area contributed by atoms with Gasteiger partial charge in [-0.15, -0.1) is 0 Å². The molecule has 2 N–H and O–H groups in total. The number of amides is 1. The van der Waals surface area contributed by atoms with Gasteiger partial charge in [-0.1, -0.05) is 28.1 Å². The lowest BCUT2D eigenvalue weighted by Crippen LogP contribution is -2.16. The van der Waals surface area contributed by atoms with E-state index >= 15 is 0 Å². The molecular weight excluding hydrogens is 388 g/mol. The number of hydrogen-bond donors (Lipinski definition) is 2. The minimum absolute atomic E-state index is 0.0619. The maximum Gasteiger partial charge on any atom is 0.337 e. The molecule has 0 spiro atoms. The number of hydrogen-bond acceptors (Lipinski definition) is 4. The molecule has 0 aliphatic heterocycles. The molecule has 25 heavy (non-hydrogen) atoms. The molecule has 0 atom stereocenters. The van der Waals surface area contributed by atoms with Crippen LogP contribution in [0.4, 0.5) is 5.69 Å². The second-order valence-corrected chi connectivity index (χ2v) is 5.78. The van der Waals surface area contributed by atoms with Gasteiger partial charge in [0, 0.05) is 10.0 Å². The van der Waals surface area contributed by atoms with Gasteiger partial charge < -0.3 is 15.2 Å². The number of nitrogens with one attached hydrogen (secondary N) is 1. The molecule has 2 aromatic carbocycles. The zero-order valence-electron chi connectivity index (χ0n) is 13.1. The van der Waals surface area contributed by atoms with Gasteiger partial charge in [0.2, 0.25) is 0 Å². The fourth-order valence-corrected chi connectivity index (χ4v) is 2.47. The third kappa shape index (κ3) is 4.46. The van der Waals surface area contributed by atoms with Crippen LogP contribution in [0.15, 0.2) is 52.5 Å². The monoisotopic (exact) mass is 400 g/mol. The molecule has 1 amide bonds. The van der Waals surface area contributed by atoms with E-state index in [4.69, 9.17) is 9.84 Å². The van der Waals surface area contributed by atoms with Crippen LogP contribution < -0.4 is 10.1 Å². The van der Waals surface area contributed by atoms with Crippen LogP contribution in [-0.4, -0.2) is 24.1 Å². The SMILES string of the molecule is COc1ccc(Br)cc1/C=C(/C#N)C(=O)Nc1ccccc1C(=O)O. The molecule has 0 radical (unpaired) electrons. The lowest BCUT2D eigenvalue weighted by Gasteiger charge is -2.09. The Morgan fingerprint density at radius 1 is 1.28 bits per heavy atom. The highest BCUT2D eigenvalue weighted by Gasteiger charge is 2.15. The first-order valence-corrected chi connectivity index (χ1v) is 7.84. The van der Waals surface area contributed by atoms with Crippen molar-refractivity contribution in [1.29, 1.82) is 5.26 Å². The van der Waals surface area contributed by atoms with Crippen LogP contribution in [0.25, 0.3) is 6.08 Å². The van der Waals surface area contributed by atoms with Gasteiger partial charge in [0.05, 0.1) is 18.4 Å². The van der Waals surface area contributed by atoms with Crippen LogP contribution >= 0.6 is 15.9 Å². The van der Waals surface area contributed by atoms with Gasteiger partial charge in [-0.2, -0.15) is 5.26 Å². The van der Waals surface area contributed by atoms with Crippen molar-refractivity contribution in [3.8, 4) is 11.8 Å². The van der Waals surface area contributed by atoms with Gasteiger partial charge in [0.15, 0.2) is 0 Å². The van der Waals surface area contributed by atoms with E-state index in [-0.39, 0.29) is 16.8 Å². The van der Waals surface area contributed by atoms with E-state index in [1.165, 1.54) is 25.3 Å². The summed E-state index contributed by atoms with van der Waals surface area (Å²) in [6.07, 6.45) is 1.38. The molecule has 0 saturated heterocycles. The van der Waals surface area contributed by atoms with Crippen molar-refractivity contribution >= 4 is 39.6 Å². The highest BCUT2D eigenvalue weighted by atomic mass is 79.9. The first-order valence-electron chi connectivity index (χ1n) is 7.05. The van der Waals surface area contributed by atoms with E-state index in [9.17, 15) is 14.9 Å². The van der Waals surface area contributed by atoms with Crippen LogP contribution in [0.2, 0.25) is 0 Å². The summed E-state index contributed by atoms with van der Waals surface area (Å²) in [5, 5.41) is 20.9. The first-order chi connectivity index (χ1) is 12.0. The maximum atomic E-state index is 12.4. The Hall–Kier alpha value is -3.11. The number of nitrogens with zero attached hydrogens (tertiary/aromatic N) is 1. The summed E-state index contributed by atoms with van der Waals surface area (Å²) in [5.74, 6) is -1.39. The Labute approximate surface area is 152 Å². The highest BCUT2D eigenvalue weighted by molar-refractivity contribution is 9.10. The van der Waals surface area contributed by atoms with Gasteiger partial charge >= 0.3 is 5.97 Å². The molecule has 2 rings (SSSR count). The second-order valence-electron chi connectivity index (χ2n) is 4.86. The number of carbonyl (C=O) groups excluding carboxylic acids is 1. The summed E-state index contributed by atoms with van der Waals surface area (Å²) in [4.78, 5) is 23.6. The fraction of sp³-hybridized carbons (Fsp3) is 0.0556. The van der Waals surface area contributed by atoms with Gasteiger partial charge in [0.1, 0.15) is 17.4 Å². The number of ether oxygens (including phenoxy) is 1. The number of benzene rings is 2. The van der Waals surface area contributed by atoms with E-state index in [0.29, 0.717) is 11.3 Å². The predicted molar refractivity (Wildman–Crippen MR) is 96.3 cm³/mol. The van der Waals surface area contributed by atoms with Crippen molar-refractivity contribution < 1.29 is 19.4 Å². The third-order valence-electron chi connectivity index (χ3n) is 3.26. The molecule has 0 fully saturated rings. The summed E-state index contributed by atoms with van der Waals surface area (Å²) in [7, 11) is 1.48. The fourth-order valence-electron chi connectivity index (χ4n) is 2.09. The number of para-hydroxylation sites is 1. The second kappa shape index (κ2) is 8.13. The Bertz CT molecular complexity index is 900. The molecule has 0 saturated carbocycles. The van der Waals surface area contributed by atoms with Crippen LogP contribution in [0, 0.1) is 11.3 Å². The summed E-state index contributed by atoms with van der Waals surface area (Å²) < 4.78 is 5.97. The Morgan fingerprint density at radius 2 is 2.00 bits per heavy atom. The van der Waals surface area contributed by atoms with Crippen molar-refractivity contribution in [3.05, 3.63) is 63.6 Å². The number of anilines is 1. The number of carbonyl (C=O) groups is 2. The van der Waals surface area contributed by atoms with E-state index in [1.807, 2.05) is 6.07 Å². The van der Waals surface area contributed by atoms with E-state index in [0.717, 1.165) is 4.47 Å². The molecule has 0 bridgehead atoms. The molecule has 126 valence electrons. The lowest BCUT2D eigenvalue weighted by atomic mass is 10.1. The van der Waals surface area contributed by atoms with Gasteiger partial charge in [-0.3, -0.25) is 4.79 Å². The number of aromatic carboxylic acids is 1. The zero-order chi connectivity index (χ0) is 18.4. The number of halogens is 1.